The summed E-state index contributed by atoms with van der Waals surface area (Å²) in [6, 6.07) is 10.1. The van der Waals surface area contributed by atoms with Crippen molar-refractivity contribution < 1.29 is 4.39 Å². The molecule has 5 heteroatoms. The molecule has 0 aliphatic carbocycles. The number of benzene rings is 2. The molecule has 1 unspecified atom stereocenters. The lowest BCUT2D eigenvalue weighted by molar-refractivity contribution is 0.593. The Hall–Kier alpha value is -0.740. The van der Waals surface area contributed by atoms with Crippen molar-refractivity contribution in [3.63, 3.8) is 0 Å². The van der Waals surface area contributed by atoms with Gasteiger partial charge in [-0.25, -0.2) is 4.39 Å². The third kappa shape index (κ3) is 3.89. The number of halogens is 3. The molecule has 0 spiro atoms. The van der Waals surface area contributed by atoms with Crippen molar-refractivity contribution >= 4 is 35.0 Å². The summed E-state index contributed by atoms with van der Waals surface area (Å²) in [7, 11) is 0. The van der Waals surface area contributed by atoms with Crippen LogP contribution in [0.4, 0.5) is 4.39 Å². The summed E-state index contributed by atoms with van der Waals surface area (Å²) in [6.07, 6.45) is 0.609. The molecule has 1 atom stereocenters. The van der Waals surface area contributed by atoms with Gasteiger partial charge in [-0.1, -0.05) is 47.1 Å². The van der Waals surface area contributed by atoms with Crippen molar-refractivity contribution in [3.05, 3.63) is 57.8 Å². The second-order valence-electron chi connectivity index (χ2n) is 4.59. The molecule has 0 fully saturated rings. The maximum Gasteiger partial charge on any atom is 0.137 e. The highest BCUT2D eigenvalue weighted by molar-refractivity contribution is 7.99. The normalized spacial score (nSPS) is 12.4. The van der Waals surface area contributed by atoms with Crippen LogP contribution in [0.1, 0.15) is 12.5 Å². The van der Waals surface area contributed by atoms with E-state index in [1.807, 2.05) is 13.0 Å². The van der Waals surface area contributed by atoms with Crippen LogP contribution in [0.3, 0.4) is 0 Å². The molecule has 1 nitrogen and oxygen atoms in total. The van der Waals surface area contributed by atoms with Crippen molar-refractivity contribution in [2.75, 3.05) is 0 Å². The fraction of sp³-hybridized carbons (Fsp3) is 0.200. The van der Waals surface area contributed by atoms with Gasteiger partial charge in [0, 0.05) is 16.0 Å². The molecule has 0 heterocycles. The molecule has 2 N–H and O–H groups in total. The van der Waals surface area contributed by atoms with Gasteiger partial charge in [0.2, 0.25) is 0 Å². The first-order valence-corrected chi connectivity index (χ1v) is 7.70. The number of hydrogen-bond acceptors (Lipinski definition) is 2. The third-order valence-corrected chi connectivity index (χ3v) is 4.59. The van der Waals surface area contributed by atoms with E-state index in [1.54, 1.807) is 24.3 Å². The van der Waals surface area contributed by atoms with Gasteiger partial charge >= 0.3 is 0 Å². The molecule has 0 radical (unpaired) electrons. The lowest BCUT2D eigenvalue weighted by atomic mass is 10.1. The summed E-state index contributed by atoms with van der Waals surface area (Å²) < 4.78 is 14.1. The molecule has 0 bridgehead atoms. The fourth-order valence-electron chi connectivity index (χ4n) is 1.84. The van der Waals surface area contributed by atoms with E-state index < -0.39 is 0 Å². The van der Waals surface area contributed by atoms with Gasteiger partial charge in [-0.05, 0) is 43.2 Å². The van der Waals surface area contributed by atoms with Crippen molar-refractivity contribution in [1.29, 1.82) is 0 Å². The van der Waals surface area contributed by atoms with E-state index in [0.29, 0.717) is 21.4 Å². The Morgan fingerprint density at radius 2 is 2.00 bits per heavy atom. The van der Waals surface area contributed by atoms with Gasteiger partial charge in [-0.3, -0.25) is 0 Å². The van der Waals surface area contributed by atoms with Crippen molar-refractivity contribution in [3.8, 4) is 0 Å². The molecule has 0 aliphatic rings. The van der Waals surface area contributed by atoms with Crippen LogP contribution in [0.5, 0.6) is 0 Å². The van der Waals surface area contributed by atoms with Crippen LogP contribution in [-0.2, 0) is 6.42 Å². The van der Waals surface area contributed by atoms with Crippen LogP contribution >= 0.6 is 35.0 Å². The van der Waals surface area contributed by atoms with Crippen molar-refractivity contribution in [1.82, 2.24) is 0 Å². The Kier molecular flexibility index (Phi) is 5.33. The predicted molar refractivity (Wildman–Crippen MR) is 84.3 cm³/mol. The smallest absolute Gasteiger partial charge is 0.137 e. The Morgan fingerprint density at radius 3 is 2.70 bits per heavy atom. The molecule has 0 aromatic heterocycles. The SMILES string of the molecule is CC(N)Cc1cccc(F)c1Sc1cc(Cl)ccc1Cl. The maximum absolute atomic E-state index is 14.1. The Balaban J connectivity index is 2.39. The van der Waals surface area contributed by atoms with E-state index in [-0.39, 0.29) is 11.9 Å². The van der Waals surface area contributed by atoms with E-state index in [4.69, 9.17) is 28.9 Å². The van der Waals surface area contributed by atoms with E-state index in [2.05, 4.69) is 0 Å². The largest absolute Gasteiger partial charge is 0.328 e. The van der Waals surface area contributed by atoms with Gasteiger partial charge in [-0.2, -0.15) is 0 Å². The minimum Gasteiger partial charge on any atom is -0.328 e. The highest BCUT2D eigenvalue weighted by Gasteiger charge is 2.13. The zero-order chi connectivity index (χ0) is 14.7. The molecular weight excluding hydrogens is 316 g/mol. The first kappa shape index (κ1) is 15.6. The summed E-state index contributed by atoms with van der Waals surface area (Å²) in [5, 5.41) is 1.12. The van der Waals surface area contributed by atoms with Crippen molar-refractivity contribution in [2.45, 2.75) is 29.2 Å². The molecule has 106 valence electrons. The Labute approximate surface area is 132 Å². The Morgan fingerprint density at radius 1 is 1.25 bits per heavy atom. The predicted octanol–water partition coefficient (Wildman–Crippen LogP) is 5.17. The number of hydrogen-bond donors (Lipinski definition) is 1. The van der Waals surface area contributed by atoms with Crippen LogP contribution in [0.15, 0.2) is 46.2 Å². The number of nitrogens with two attached hydrogens (primary N) is 1. The average Bonchev–Trinajstić information content (AvgIpc) is 2.37. The maximum atomic E-state index is 14.1. The zero-order valence-electron chi connectivity index (χ0n) is 10.9. The van der Waals surface area contributed by atoms with E-state index in [0.717, 1.165) is 10.5 Å². The average molecular weight is 330 g/mol. The molecule has 2 rings (SSSR count). The van der Waals surface area contributed by atoms with Crippen LogP contribution in [0, 0.1) is 5.82 Å². The van der Waals surface area contributed by atoms with E-state index in [1.165, 1.54) is 17.8 Å². The summed E-state index contributed by atoms with van der Waals surface area (Å²) in [5.74, 6) is -0.274. The molecule has 20 heavy (non-hydrogen) atoms. The molecular formula is C15H14Cl2FNS. The van der Waals surface area contributed by atoms with Gasteiger partial charge in [0.05, 0.1) is 9.92 Å². The second-order valence-corrected chi connectivity index (χ2v) is 6.48. The first-order valence-electron chi connectivity index (χ1n) is 6.13. The van der Waals surface area contributed by atoms with Gasteiger partial charge in [-0.15, -0.1) is 0 Å². The second kappa shape index (κ2) is 6.81. The van der Waals surface area contributed by atoms with Gasteiger partial charge in [0.15, 0.2) is 0 Å². The standard InChI is InChI=1S/C15H14Cl2FNS/c1-9(19)7-10-3-2-4-13(18)15(10)20-14-8-11(16)5-6-12(14)17/h2-6,8-9H,7,19H2,1H3. The number of rotatable bonds is 4. The first-order chi connectivity index (χ1) is 9.47. The summed E-state index contributed by atoms with van der Waals surface area (Å²) >= 11 is 13.4. The zero-order valence-corrected chi connectivity index (χ0v) is 13.2. The quantitative estimate of drug-likeness (QED) is 0.836. The summed E-state index contributed by atoms with van der Waals surface area (Å²) in [6.45, 7) is 1.89. The lowest BCUT2D eigenvalue weighted by Gasteiger charge is -2.13. The van der Waals surface area contributed by atoms with Gasteiger partial charge in [0.25, 0.3) is 0 Å². The minimum atomic E-state index is -0.274. The molecule has 2 aromatic carbocycles. The van der Waals surface area contributed by atoms with Crippen LogP contribution < -0.4 is 5.73 Å². The van der Waals surface area contributed by atoms with E-state index in [9.17, 15) is 4.39 Å². The fourth-order valence-corrected chi connectivity index (χ4v) is 3.33. The lowest BCUT2D eigenvalue weighted by Crippen LogP contribution is -2.18. The topological polar surface area (TPSA) is 26.0 Å². The molecule has 2 aromatic rings. The van der Waals surface area contributed by atoms with Crippen LogP contribution in [0.2, 0.25) is 10.0 Å². The molecule has 0 amide bonds. The van der Waals surface area contributed by atoms with Gasteiger partial charge < -0.3 is 5.73 Å². The van der Waals surface area contributed by atoms with E-state index >= 15 is 0 Å². The third-order valence-electron chi connectivity index (χ3n) is 2.70. The van der Waals surface area contributed by atoms with Crippen LogP contribution in [0.25, 0.3) is 0 Å². The van der Waals surface area contributed by atoms with Crippen molar-refractivity contribution in [2.24, 2.45) is 5.73 Å². The molecule has 0 saturated carbocycles. The van der Waals surface area contributed by atoms with Gasteiger partial charge in [0.1, 0.15) is 5.82 Å². The molecule has 0 saturated heterocycles. The summed E-state index contributed by atoms with van der Waals surface area (Å²) in [5.41, 5.74) is 6.69. The highest BCUT2D eigenvalue weighted by atomic mass is 35.5. The Bertz CT molecular complexity index is 617. The minimum absolute atomic E-state index is 0.0361. The van der Waals surface area contributed by atoms with Crippen LogP contribution in [-0.4, -0.2) is 6.04 Å². The molecule has 0 aliphatic heterocycles. The summed E-state index contributed by atoms with van der Waals surface area (Å²) in [4.78, 5) is 1.28. The highest BCUT2D eigenvalue weighted by Crippen LogP contribution is 2.38. The monoisotopic (exact) mass is 329 g/mol.